The maximum atomic E-state index is 9.23. The van der Waals surface area contributed by atoms with Gasteiger partial charge in [0.2, 0.25) is 0 Å². The molecule has 3 heterocycles. The first-order valence-corrected chi connectivity index (χ1v) is 7.22. The Morgan fingerprint density at radius 3 is 2.90 bits per heavy atom. The van der Waals surface area contributed by atoms with Gasteiger partial charge in [0, 0.05) is 17.8 Å². The number of nitrogens with one attached hydrogen (secondary N) is 2. The van der Waals surface area contributed by atoms with Crippen LogP contribution in [0.4, 0.5) is 5.82 Å². The minimum Gasteiger partial charge on any atom is -0.338 e. The summed E-state index contributed by atoms with van der Waals surface area (Å²) in [5.74, 6) is 1.06. The fourth-order valence-corrected chi connectivity index (χ4v) is 2.92. The standard InChI is InChI=1S/C16H19N5/c1-10(2)14-11(3)21-16(13(8-17)9-19-21)20-15(14)12-4-6-18-7-5-12/h4,9-10,18,20H,3,5-7H2,1-2H3. The van der Waals surface area contributed by atoms with Crippen LogP contribution >= 0.6 is 0 Å². The lowest BCUT2D eigenvalue weighted by Gasteiger charge is -2.30. The van der Waals surface area contributed by atoms with Gasteiger partial charge in [0.25, 0.3) is 0 Å². The summed E-state index contributed by atoms with van der Waals surface area (Å²) in [6, 6.07) is 2.18. The summed E-state index contributed by atoms with van der Waals surface area (Å²) in [5, 5.41) is 20.3. The van der Waals surface area contributed by atoms with Crippen molar-refractivity contribution in [3.8, 4) is 6.07 Å². The second-order valence-electron chi connectivity index (χ2n) is 5.63. The highest BCUT2D eigenvalue weighted by molar-refractivity contribution is 5.78. The van der Waals surface area contributed by atoms with E-state index in [9.17, 15) is 5.26 Å². The molecule has 2 aliphatic rings. The van der Waals surface area contributed by atoms with Crippen molar-refractivity contribution in [3.63, 3.8) is 0 Å². The lowest BCUT2D eigenvalue weighted by Crippen LogP contribution is -2.26. The quantitative estimate of drug-likeness (QED) is 0.874. The molecule has 2 aliphatic heterocycles. The van der Waals surface area contributed by atoms with Gasteiger partial charge in [-0.1, -0.05) is 26.5 Å². The Kier molecular flexibility index (Phi) is 3.40. The van der Waals surface area contributed by atoms with E-state index in [0.29, 0.717) is 11.5 Å². The van der Waals surface area contributed by atoms with E-state index in [4.69, 9.17) is 0 Å². The number of rotatable bonds is 2. The van der Waals surface area contributed by atoms with Gasteiger partial charge in [-0.05, 0) is 24.5 Å². The molecule has 1 aromatic rings. The van der Waals surface area contributed by atoms with Crippen molar-refractivity contribution in [2.45, 2.75) is 20.3 Å². The fourth-order valence-electron chi connectivity index (χ4n) is 2.92. The Bertz CT molecular complexity index is 697. The van der Waals surface area contributed by atoms with Crippen LogP contribution in [0.5, 0.6) is 0 Å². The smallest absolute Gasteiger partial charge is 0.152 e. The Morgan fingerprint density at radius 1 is 1.48 bits per heavy atom. The molecule has 0 unspecified atom stereocenters. The molecule has 2 N–H and O–H groups in total. The summed E-state index contributed by atoms with van der Waals surface area (Å²) in [7, 11) is 0. The largest absolute Gasteiger partial charge is 0.338 e. The van der Waals surface area contributed by atoms with E-state index < -0.39 is 0 Å². The molecule has 0 amide bonds. The molecular weight excluding hydrogens is 262 g/mol. The highest BCUT2D eigenvalue weighted by atomic mass is 15.3. The normalized spacial score (nSPS) is 18.2. The van der Waals surface area contributed by atoms with Crippen LogP contribution in [0.15, 0.2) is 35.7 Å². The van der Waals surface area contributed by atoms with Crippen LogP contribution in [0.1, 0.15) is 25.8 Å². The molecule has 0 spiro atoms. The number of anilines is 1. The van der Waals surface area contributed by atoms with Gasteiger partial charge in [-0.15, -0.1) is 0 Å². The minimum absolute atomic E-state index is 0.332. The molecule has 5 heteroatoms. The van der Waals surface area contributed by atoms with Crippen molar-refractivity contribution in [2.75, 3.05) is 18.4 Å². The monoisotopic (exact) mass is 281 g/mol. The number of hydrogen-bond acceptors (Lipinski definition) is 4. The highest BCUT2D eigenvalue weighted by Crippen LogP contribution is 2.38. The fraction of sp³-hybridized carbons (Fsp3) is 0.375. The third-order valence-electron chi connectivity index (χ3n) is 3.93. The third kappa shape index (κ3) is 2.18. The maximum Gasteiger partial charge on any atom is 0.152 e. The molecule has 0 aliphatic carbocycles. The van der Waals surface area contributed by atoms with Gasteiger partial charge in [0.05, 0.1) is 11.9 Å². The number of aromatic nitrogens is 2. The summed E-state index contributed by atoms with van der Waals surface area (Å²) < 4.78 is 1.74. The Labute approximate surface area is 124 Å². The molecule has 0 saturated heterocycles. The van der Waals surface area contributed by atoms with E-state index in [2.05, 4.69) is 48.3 Å². The van der Waals surface area contributed by atoms with Gasteiger partial charge >= 0.3 is 0 Å². The van der Waals surface area contributed by atoms with Gasteiger partial charge in [-0.25, -0.2) is 4.68 Å². The van der Waals surface area contributed by atoms with E-state index in [0.717, 1.165) is 36.7 Å². The predicted molar refractivity (Wildman–Crippen MR) is 83.3 cm³/mol. The first kappa shape index (κ1) is 13.7. The van der Waals surface area contributed by atoms with Gasteiger partial charge in [-0.2, -0.15) is 10.4 Å². The highest BCUT2D eigenvalue weighted by Gasteiger charge is 2.28. The van der Waals surface area contributed by atoms with Crippen LogP contribution in [-0.4, -0.2) is 22.9 Å². The topological polar surface area (TPSA) is 65.7 Å². The Morgan fingerprint density at radius 2 is 2.29 bits per heavy atom. The molecule has 0 fully saturated rings. The lowest BCUT2D eigenvalue weighted by molar-refractivity contribution is 0.696. The van der Waals surface area contributed by atoms with Gasteiger partial charge in [0.1, 0.15) is 11.6 Å². The molecule has 0 aromatic carbocycles. The zero-order valence-corrected chi connectivity index (χ0v) is 12.4. The van der Waals surface area contributed by atoms with Crippen LogP contribution in [-0.2, 0) is 0 Å². The molecule has 3 rings (SSSR count). The molecule has 1 aromatic heterocycles. The van der Waals surface area contributed by atoms with E-state index in [-0.39, 0.29) is 0 Å². The molecule has 0 saturated carbocycles. The summed E-state index contributed by atoms with van der Waals surface area (Å²) in [6.45, 7) is 10.4. The van der Waals surface area contributed by atoms with Crippen molar-refractivity contribution >= 4 is 11.5 Å². The SMILES string of the molecule is C=C1C(C(C)C)=C(C2=CCNCC2)Nc2c(C#N)cnn21. The van der Waals surface area contributed by atoms with E-state index >= 15 is 0 Å². The molecule has 21 heavy (non-hydrogen) atoms. The van der Waals surface area contributed by atoms with Crippen molar-refractivity contribution in [3.05, 3.63) is 41.3 Å². The van der Waals surface area contributed by atoms with Crippen LogP contribution in [0.2, 0.25) is 0 Å². The van der Waals surface area contributed by atoms with Crippen LogP contribution < -0.4 is 10.6 Å². The first-order valence-electron chi connectivity index (χ1n) is 7.22. The zero-order valence-electron chi connectivity index (χ0n) is 12.4. The second-order valence-corrected chi connectivity index (χ2v) is 5.63. The van der Waals surface area contributed by atoms with Crippen molar-refractivity contribution < 1.29 is 0 Å². The maximum absolute atomic E-state index is 9.23. The summed E-state index contributed by atoms with van der Waals surface area (Å²) >= 11 is 0. The number of nitrogens with zero attached hydrogens (tertiary/aromatic N) is 3. The number of fused-ring (bicyclic) bond motifs is 1. The second kappa shape index (κ2) is 5.23. The summed E-state index contributed by atoms with van der Waals surface area (Å²) in [5.41, 5.74) is 4.96. The third-order valence-corrected chi connectivity index (χ3v) is 3.93. The van der Waals surface area contributed by atoms with Crippen molar-refractivity contribution in [1.82, 2.24) is 15.1 Å². The van der Waals surface area contributed by atoms with Gasteiger partial charge in [0.15, 0.2) is 5.82 Å². The molecule has 0 radical (unpaired) electrons. The van der Waals surface area contributed by atoms with Crippen molar-refractivity contribution in [1.29, 1.82) is 5.26 Å². The molecule has 5 nitrogen and oxygen atoms in total. The predicted octanol–water partition coefficient (Wildman–Crippen LogP) is 2.48. The Balaban J connectivity index is 2.14. The first-order chi connectivity index (χ1) is 10.1. The molecule has 0 bridgehead atoms. The van der Waals surface area contributed by atoms with Crippen LogP contribution in [0.3, 0.4) is 0 Å². The molecule has 0 atom stereocenters. The number of nitriles is 1. The van der Waals surface area contributed by atoms with Crippen LogP contribution in [0.25, 0.3) is 5.70 Å². The average molecular weight is 281 g/mol. The van der Waals surface area contributed by atoms with Gasteiger partial charge < -0.3 is 10.6 Å². The average Bonchev–Trinajstić information content (AvgIpc) is 2.91. The summed E-state index contributed by atoms with van der Waals surface area (Å²) in [6.07, 6.45) is 4.77. The number of hydrogen-bond donors (Lipinski definition) is 2. The molecular formula is C16H19N5. The van der Waals surface area contributed by atoms with Gasteiger partial charge in [-0.3, -0.25) is 0 Å². The number of allylic oxidation sites excluding steroid dienone is 3. The Hall–Kier alpha value is -2.32. The minimum atomic E-state index is 0.332. The van der Waals surface area contributed by atoms with E-state index in [1.54, 1.807) is 10.9 Å². The van der Waals surface area contributed by atoms with Crippen LogP contribution in [0, 0.1) is 17.2 Å². The molecule has 108 valence electrons. The summed E-state index contributed by atoms with van der Waals surface area (Å²) in [4.78, 5) is 0. The lowest BCUT2D eigenvalue weighted by atomic mass is 9.91. The van der Waals surface area contributed by atoms with E-state index in [1.165, 1.54) is 11.1 Å². The van der Waals surface area contributed by atoms with Crippen molar-refractivity contribution in [2.24, 2.45) is 5.92 Å². The zero-order chi connectivity index (χ0) is 15.0. The van der Waals surface area contributed by atoms with E-state index in [1.807, 2.05) is 0 Å².